The van der Waals surface area contributed by atoms with Crippen molar-refractivity contribution >= 4 is 27.9 Å². The normalized spacial score (nSPS) is 15.2. The number of hydrogen-bond acceptors (Lipinski definition) is 6. The maximum absolute atomic E-state index is 12.0. The average molecular weight is 376 g/mol. The second-order valence-corrected chi connectivity index (χ2v) is 7.18. The molecule has 1 aromatic rings. The molecule has 0 aliphatic carbocycles. The van der Waals surface area contributed by atoms with Crippen LogP contribution in [-0.4, -0.2) is 77.6 Å². The molecule has 1 fully saturated rings. The van der Waals surface area contributed by atoms with Crippen molar-refractivity contribution in [1.82, 2.24) is 9.21 Å². The summed E-state index contributed by atoms with van der Waals surface area (Å²) in [4.78, 5) is 31.8. The Bertz CT molecular complexity index is 678. The summed E-state index contributed by atoms with van der Waals surface area (Å²) in [5.74, 6) is -3.37. The fourth-order valence-electron chi connectivity index (χ4n) is 2.11. The van der Waals surface area contributed by atoms with Crippen molar-refractivity contribution in [2.24, 2.45) is 0 Å². The third-order valence-corrected chi connectivity index (χ3v) is 5.37. The molecule has 0 bridgehead atoms. The van der Waals surface area contributed by atoms with Gasteiger partial charge in [0.1, 0.15) is 0 Å². The molecule has 0 unspecified atom stereocenters. The van der Waals surface area contributed by atoms with Gasteiger partial charge in [0.05, 0.1) is 12.0 Å². The van der Waals surface area contributed by atoms with E-state index in [-0.39, 0.29) is 11.7 Å². The van der Waals surface area contributed by atoms with Gasteiger partial charge in [0.2, 0.25) is 10.0 Å². The summed E-state index contributed by atoms with van der Waals surface area (Å²) < 4.78 is 30.3. The van der Waals surface area contributed by atoms with Gasteiger partial charge < -0.3 is 19.5 Å². The molecule has 0 spiro atoms. The number of sulfonamides is 1. The fraction of sp³-hybridized carbons (Fsp3) is 0.500. The molecule has 25 heavy (non-hydrogen) atoms. The van der Waals surface area contributed by atoms with E-state index in [1.807, 2.05) is 6.92 Å². The van der Waals surface area contributed by atoms with Crippen LogP contribution in [0, 0.1) is 0 Å². The van der Waals surface area contributed by atoms with Crippen molar-refractivity contribution in [2.75, 3.05) is 31.9 Å². The van der Waals surface area contributed by atoms with Crippen molar-refractivity contribution in [3.05, 3.63) is 24.2 Å². The molecule has 2 heterocycles. The van der Waals surface area contributed by atoms with E-state index in [2.05, 4.69) is 0 Å². The number of carbonyl (C=O) groups is 3. The van der Waals surface area contributed by atoms with E-state index in [9.17, 15) is 13.2 Å². The van der Waals surface area contributed by atoms with Crippen LogP contribution < -0.4 is 0 Å². The predicted molar refractivity (Wildman–Crippen MR) is 85.5 cm³/mol. The standard InChI is InChI=1S/C12H18N2O4S.C2H2O4/c1-2-10-19(16,17)14-7-5-13(6-8-14)12(15)11-4-3-9-18-11;3-1(4)2(5)6/h3-4,9H,2,5-8,10H2,1H3;(H,3,4)(H,5,6). The quantitative estimate of drug-likeness (QED) is 0.695. The molecule has 140 valence electrons. The van der Waals surface area contributed by atoms with E-state index in [0.29, 0.717) is 38.4 Å². The molecule has 0 saturated carbocycles. The highest BCUT2D eigenvalue weighted by Crippen LogP contribution is 2.12. The summed E-state index contributed by atoms with van der Waals surface area (Å²) >= 11 is 0. The highest BCUT2D eigenvalue weighted by molar-refractivity contribution is 7.89. The lowest BCUT2D eigenvalue weighted by Crippen LogP contribution is -2.50. The number of furan rings is 1. The smallest absolute Gasteiger partial charge is 0.414 e. The van der Waals surface area contributed by atoms with E-state index in [4.69, 9.17) is 24.2 Å². The van der Waals surface area contributed by atoms with Gasteiger partial charge in [0.25, 0.3) is 5.91 Å². The molecule has 1 saturated heterocycles. The summed E-state index contributed by atoms with van der Waals surface area (Å²) in [5.41, 5.74) is 0. The zero-order chi connectivity index (χ0) is 19.0. The fourth-order valence-corrected chi connectivity index (χ4v) is 3.61. The topological polar surface area (TPSA) is 145 Å². The second kappa shape index (κ2) is 9.18. The molecule has 1 aliphatic rings. The highest BCUT2D eigenvalue weighted by atomic mass is 32.2. The van der Waals surface area contributed by atoms with E-state index in [1.54, 1.807) is 17.0 Å². The minimum atomic E-state index is -3.16. The van der Waals surface area contributed by atoms with Gasteiger partial charge in [-0.05, 0) is 18.6 Å². The third kappa shape index (κ3) is 6.19. The van der Waals surface area contributed by atoms with Gasteiger partial charge in [-0.15, -0.1) is 0 Å². The minimum Gasteiger partial charge on any atom is -0.473 e. The van der Waals surface area contributed by atoms with Gasteiger partial charge >= 0.3 is 11.9 Å². The Labute approximate surface area is 144 Å². The number of nitrogens with zero attached hydrogens (tertiary/aromatic N) is 2. The van der Waals surface area contributed by atoms with Gasteiger partial charge in [-0.1, -0.05) is 6.92 Å². The molecule has 1 aliphatic heterocycles. The largest absolute Gasteiger partial charge is 0.473 e. The van der Waals surface area contributed by atoms with Crippen LogP contribution in [-0.2, 0) is 19.6 Å². The van der Waals surface area contributed by atoms with Crippen molar-refractivity contribution in [3.63, 3.8) is 0 Å². The summed E-state index contributed by atoms with van der Waals surface area (Å²) in [6.07, 6.45) is 2.06. The van der Waals surface area contributed by atoms with Gasteiger partial charge in [-0.2, -0.15) is 4.31 Å². The number of carboxylic acid groups (broad SMARTS) is 2. The van der Waals surface area contributed by atoms with E-state index >= 15 is 0 Å². The van der Waals surface area contributed by atoms with Crippen molar-refractivity contribution in [1.29, 1.82) is 0 Å². The second-order valence-electron chi connectivity index (χ2n) is 5.09. The van der Waals surface area contributed by atoms with E-state index in [1.165, 1.54) is 10.6 Å². The van der Waals surface area contributed by atoms with Gasteiger partial charge in [0.15, 0.2) is 5.76 Å². The van der Waals surface area contributed by atoms with Crippen LogP contribution in [0.4, 0.5) is 0 Å². The number of hydrogen-bond donors (Lipinski definition) is 2. The third-order valence-electron chi connectivity index (χ3n) is 3.30. The van der Waals surface area contributed by atoms with Crippen LogP contribution in [0.5, 0.6) is 0 Å². The first-order valence-electron chi connectivity index (χ1n) is 7.45. The molecule has 10 nitrogen and oxygen atoms in total. The number of aliphatic carboxylic acids is 2. The molecular formula is C14H20N2O8S. The lowest BCUT2D eigenvalue weighted by molar-refractivity contribution is -0.159. The van der Waals surface area contributed by atoms with Crippen molar-refractivity contribution < 1.29 is 37.4 Å². The first-order valence-corrected chi connectivity index (χ1v) is 9.06. The lowest BCUT2D eigenvalue weighted by atomic mass is 10.3. The lowest BCUT2D eigenvalue weighted by Gasteiger charge is -2.33. The Morgan fingerprint density at radius 1 is 1.12 bits per heavy atom. The average Bonchev–Trinajstić information content (AvgIpc) is 3.09. The number of piperazine rings is 1. The Kier molecular flexibility index (Phi) is 7.58. The van der Waals surface area contributed by atoms with Crippen LogP contribution in [0.25, 0.3) is 0 Å². The van der Waals surface area contributed by atoms with Gasteiger partial charge in [-0.25, -0.2) is 18.0 Å². The maximum atomic E-state index is 12.0. The maximum Gasteiger partial charge on any atom is 0.414 e. The molecule has 0 radical (unpaired) electrons. The van der Waals surface area contributed by atoms with Crippen molar-refractivity contribution in [2.45, 2.75) is 13.3 Å². The van der Waals surface area contributed by atoms with Crippen LogP contribution in [0.3, 0.4) is 0 Å². The summed E-state index contributed by atoms with van der Waals surface area (Å²) in [6, 6.07) is 3.28. The van der Waals surface area contributed by atoms with E-state index in [0.717, 1.165) is 0 Å². The Morgan fingerprint density at radius 3 is 2.08 bits per heavy atom. The molecule has 1 aromatic heterocycles. The van der Waals surface area contributed by atoms with Crippen molar-refractivity contribution in [3.8, 4) is 0 Å². The summed E-state index contributed by atoms with van der Waals surface area (Å²) in [7, 11) is -3.16. The van der Waals surface area contributed by atoms with Crippen LogP contribution in [0.15, 0.2) is 22.8 Å². The zero-order valence-corrected chi connectivity index (χ0v) is 14.4. The molecule has 11 heteroatoms. The Hall–Kier alpha value is -2.40. The van der Waals surface area contributed by atoms with E-state index < -0.39 is 22.0 Å². The van der Waals surface area contributed by atoms with Crippen LogP contribution >= 0.6 is 0 Å². The summed E-state index contributed by atoms with van der Waals surface area (Å²) in [5, 5.41) is 14.8. The number of carboxylic acids is 2. The number of carbonyl (C=O) groups excluding carboxylic acids is 1. The zero-order valence-electron chi connectivity index (χ0n) is 13.6. The molecule has 2 N–H and O–H groups in total. The van der Waals surface area contributed by atoms with Crippen LogP contribution in [0.1, 0.15) is 23.9 Å². The Morgan fingerprint density at radius 2 is 1.68 bits per heavy atom. The predicted octanol–water partition coefficient (Wildman–Crippen LogP) is -0.0672. The number of rotatable bonds is 4. The number of amides is 1. The summed E-state index contributed by atoms with van der Waals surface area (Å²) in [6.45, 7) is 3.36. The Balaban J connectivity index is 0.000000450. The first kappa shape index (κ1) is 20.6. The SMILES string of the molecule is CCCS(=O)(=O)N1CCN(C(=O)c2ccco2)CC1.O=C(O)C(=O)O. The highest BCUT2D eigenvalue weighted by Gasteiger charge is 2.29. The molecule has 0 aromatic carbocycles. The molecule has 0 atom stereocenters. The van der Waals surface area contributed by atoms with Crippen LogP contribution in [0.2, 0.25) is 0 Å². The molecular weight excluding hydrogens is 356 g/mol. The molecule has 1 amide bonds. The monoisotopic (exact) mass is 376 g/mol. The first-order chi connectivity index (χ1) is 11.7. The van der Waals surface area contributed by atoms with Gasteiger partial charge in [-0.3, -0.25) is 4.79 Å². The minimum absolute atomic E-state index is 0.166. The molecule has 2 rings (SSSR count). The van der Waals surface area contributed by atoms with Gasteiger partial charge in [0, 0.05) is 26.2 Å².